The van der Waals surface area contributed by atoms with E-state index in [2.05, 4.69) is 15.6 Å². The van der Waals surface area contributed by atoms with Crippen LogP contribution in [0.25, 0.3) is 0 Å². The maximum Gasteiger partial charge on any atom is 0.242 e. The van der Waals surface area contributed by atoms with E-state index >= 15 is 0 Å². The lowest BCUT2D eigenvalue weighted by atomic mass is 9.87. The van der Waals surface area contributed by atoms with Crippen LogP contribution in [-0.4, -0.2) is 22.8 Å². The van der Waals surface area contributed by atoms with Crippen molar-refractivity contribution in [3.05, 3.63) is 30.1 Å². The largest absolute Gasteiger partial charge is 0.348 e. The van der Waals surface area contributed by atoms with Gasteiger partial charge in [0.1, 0.15) is 6.04 Å². The Labute approximate surface area is 138 Å². The van der Waals surface area contributed by atoms with Crippen LogP contribution in [0.5, 0.6) is 0 Å². The van der Waals surface area contributed by atoms with Gasteiger partial charge >= 0.3 is 0 Å². The first-order chi connectivity index (χ1) is 11.1. The third kappa shape index (κ3) is 5.66. The van der Waals surface area contributed by atoms with Gasteiger partial charge in [0.15, 0.2) is 0 Å². The van der Waals surface area contributed by atoms with Crippen molar-refractivity contribution < 1.29 is 9.59 Å². The molecule has 1 saturated carbocycles. The van der Waals surface area contributed by atoms with Gasteiger partial charge < -0.3 is 10.6 Å². The fourth-order valence-electron chi connectivity index (χ4n) is 3.09. The third-order valence-corrected chi connectivity index (χ3v) is 4.53. The first-order valence-electron chi connectivity index (χ1n) is 8.56. The zero-order valence-corrected chi connectivity index (χ0v) is 14.0. The van der Waals surface area contributed by atoms with Crippen LogP contribution in [0.3, 0.4) is 0 Å². The number of hydrogen-bond acceptors (Lipinski definition) is 3. The molecule has 0 saturated heterocycles. The molecule has 0 aromatic carbocycles. The van der Waals surface area contributed by atoms with E-state index in [1.165, 1.54) is 19.3 Å². The van der Waals surface area contributed by atoms with Gasteiger partial charge in [0, 0.05) is 18.8 Å². The van der Waals surface area contributed by atoms with Gasteiger partial charge in [-0.1, -0.05) is 19.3 Å². The molecule has 2 rings (SSSR count). The molecule has 0 bridgehead atoms. The van der Waals surface area contributed by atoms with Crippen molar-refractivity contribution in [1.82, 2.24) is 15.6 Å². The zero-order valence-electron chi connectivity index (χ0n) is 14.0. The summed E-state index contributed by atoms with van der Waals surface area (Å²) in [7, 11) is 0. The van der Waals surface area contributed by atoms with Crippen molar-refractivity contribution in [3.63, 3.8) is 0 Å². The minimum Gasteiger partial charge on any atom is -0.348 e. The van der Waals surface area contributed by atoms with E-state index in [4.69, 9.17) is 0 Å². The van der Waals surface area contributed by atoms with Gasteiger partial charge in [-0.2, -0.15) is 0 Å². The number of nitrogens with zero attached hydrogens (tertiary/aromatic N) is 1. The van der Waals surface area contributed by atoms with Crippen molar-refractivity contribution >= 4 is 11.8 Å². The summed E-state index contributed by atoms with van der Waals surface area (Å²) in [6, 6.07) is 3.12. The highest BCUT2D eigenvalue weighted by molar-refractivity contribution is 5.87. The Morgan fingerprint density at radius 2 is 1.78 bits per heavy atom. The topological polar surface area (TPSA) is 71.1 Å². The van der Waals surface area contributed by atoms with E-state index in [1.54, 1.807) is 19.3 Å². The van der Waals surface area contributed by atoms with Crippen molar-refractivity contribution in [2.45, 2.75) is 64.5 Å². The molecule has 126 valence electrons. The summed E-state index contributed by atoms with van der Waals surface area (Å²) in [4.78, 5) is 28.3. The smallest absolute Gasteiger partial charge is 0.242 e. The van der Waals surface area contributed by atoms with Crippen LogP contribution in [0.1, 0.15) is 64.0 Å². The Bertz CT molecular complexity index is 512. The van der Waals surface area contributed by atoms with Crippen LogP contribution in [0.2, 0.25) is 0 Å². The molecular formula is C18H27N3O2. The summed E-state index contributed by atoms with van der Waals surface area (Å²) in [6.07, 6.45) is 9.93. The molecule has 2 amide bonds. The minimum absolute atomic E-state index is 0.0175. The molecule has 1 aliphatic rings. The molecule has 1 heterocycles. The fourth-order valence-corrected chi connectivity index (χ4v) is 3.09. The number of carbonyl (C=O) groups excluding carboxylic acids is 2. The van der Waals surface area contributed by atoms with Crippen molar-refractivity contribution in [2.24, 2.45) is 5.92 Å². The molecule has 2 unspecified atom stereocenters. The molecule has 23 heavy (non-hydrogen) atoms. The summed E-state index contributed by atoms with van der Waals surface area (Å²) in [5, 5.41) is 5.74. The van der Waals surface area contributed by atoms with E-state index < -0.39 is 6.04 Å². The van der Waals surface area contributed by atoms with Crippen LogP contribution in [0, 0.1) is 5.92 Å². The maximum absolute atomic E-state index is 12.2. The van der Waals surface area contributed by atoms with Crippen LogP contribution in [-0.2, 0) is 9.59 Å². The standard InChI is InChI=1S/C18H27N3O2/c1-13(16-8-10-19-11-9-16)21-18(23)14(2)20-17(22)12-15-6-4-3-5-7-15/h8-11,13-15H,3-7,12H2,1-2H3,(H,20,22)(H,21,23). The van der Waals surface area contributed by atoms with E-state index in [-0.39, 0.29) is 17.9 Å². The predicted molar refractivity (Wildman–Crippen MR) is 89.6 cm³/mol. The second-order valence-electron chi connectivity index (χ2n) is 6.51. The van der Waals surface area contributed by atoms with Gasteiger partial charge in [0.2, 0.25) is 11.8 Å². The van der Waals surface area contributed by atoms with Crippen molar-refractivity contribution in [3.8, 4) is 0 Å². The zero-order chi connectivity index (χ0) is 16.7. The monoisotopic (exact) mass is 317 g/mol. The van der Waals surface area contributed by atoms with Gasteiger partial charge in [-0.25, -0.2) is 0 Å². The molecule has 5 heteroatoms. The molecular weight excluding hydrogens is 290 g/mol. The molecule has 1 aromatic rings. The lowest BCUT2D eigenvalue weighted by Crippen LogP contribution is -2.45. The van der Waals surface area contributed by atoms with Crippen molar-refractivity contribution in [2.75, 3.05) is 0 Å². The molecule has 0 radical (unpaired) electrons. The quantitative estimate of drug-likeness (QED) is 0.847. The van der Waals surface area contributed by atoms with E-state index in [0.717, 1.165) is 18.4 Å². The lowest BCUT2D eigenvalue weighted by molar-refractivity contribution is -0.129. The first-order valence-corrected chi connectivity index (χ1v) is 8.56. The van der Waals surface area contributed by atoms with Crippen LogP contribution >= 0.6 is 0 Å². The Kier molecular flexibility index (Phi) is 6.56. The van der Waals surface area contributed by atoms with E-state index in [1.807, 2.05) is 19.1 Å². The molecule has 0 spiro atoms. The van der Waals surface area contributed by atoms with Gasteiger partial charge in [-0.15, -0.1) is 0 Å². The summed E-state index contributed by atoms with van der Waals surface area (Å²) in [5.74, 6) is 0.303. The van der Waals surface area contributed by atoms with Gasteiger partial charge in [0.05, 0.1) is 6.04 Å². The van der Waals surface area contributed by atoms with Gasteiger partial charge in [0.25, 0.3) is 0 Å². The van der Waals surface area contributed by atoms with Crippen molar-refractivity contribution in [1.29, 1.82) is 0 Å². The average molecular weight is 317 g/mol. The lowest BCUT2D eigenvalue weighted by Gasteiger charge is -2.22. The number of pyridine rings is 1. The summed E-state index contributed by atoms with van der Waals surface area (Å²) in [6.45, 7) is 3.65. The SMILES string of the molecule is CC(NC(=O)CC1CCCCC1)C(=O)NC(C)c1ccncc1. The summed E-state index contributed by atoms with van der Waals surface area (Å²) >= 11 is 0. The number of rotatable bonds is 6. The first kappa shape index (κ1) is 17.4. The summed E-state index contributed by atoms with van der Waals surface area (Å²) < 4.78 is 0. The molecule has 1 fully saturated rings. The third-order valence-electron chi connectivity index (χ3n) is 4.53. The normalized spacial score (nSPS) is 18.0. The molecule has 2 N–H and O–H groups in total. The number of hydrogen-bond donors (Lipinski definition) is 2. The molecule has 5 nitrogen and oxygen atoms in total. The molecule has 1 aliphatic carbocycles. The Morgan fingerprint density at radius 1 is 1.13 bits per heavy atom. The molecule has 2 atom stereocenters. The Balaban J connectivity index is 1.76. The highest BCUT2D eigenvalue weighted by Crippen LogP contribution is 2.26. The molecule has 0 aliphatic heterocycles. The number of aromatic nitrogens is 1. The maximum atomic E-state index is 12.2. The highest BCUT2D eigenvalue weighted by atomic mass is 16.2. The van der Waals surface area contributed by atoms with Gasteiger partial charge in [-0.3, -0.25) is 14.6 Å². The van der Waals surface area contributed by atoms with Crippen LogP contribution in [0.15, 0.2) is 24.5 Å². The number of carbonyl (C=O) groups is 2. The fraction of sp³-hybridized carbons (Fsp3) is 0.611. The Morgan fingerprint density at radius 3 is 2.43 bits per heavy atom. The van der Waals surface area contributed by atoms with E-state index in [0.29, 0.717) is 12.3 Å². The minimum atomic E-state index is -0.518. The number of amides is 2. The summed E-state index contributed by atoms with van der Waals surface area (Å²) in [5.41, 5.74) is 0.995. The predicted octanol–water partition coefficient (Wildman–Crippen LogP) is 2.73. The van der Waals surface area contributed by atoms with Gasteiger partial charge in [-0.05, 0) is 50.3 Å². The van der Waals surface area contributed by atoms with Crippen LogP contribution < -0.4 is 10.6 Å². The number of nitrogens with one attached hydrogen (secondary N) is 2. The second kappa shape index (κ2) is 8.65. The molecule has 1 aromatic heterocycles. The van der Waals surface area contributed by atoms with E-state index in [9.17, 15) is 9.59 Å². The Hall–Kier alpha value is -1.91. The highest BCUT2D eigenvalue weighted by Gasteiger charge is 2.21. The average Bonchev–Trinajstić information content (AvgIpc) is 2.56. The van der Waals surface area contributed by atoms with Crippen LogP contribution in [0.4, 0.5) is 0 Å². The second-order valence-corrected chi connectivity index (χ2v) is 6.51.